The quantitative estimate of drug-likeness (QED) is 0.555. The van der Waals surface area contributed by atoms with E-state index in [0.717, 1.165) is 36.1 Å². The van der Waals surface area contributed by atoms with Crippen LogP contribution in [0.1, 0.15) is 31.9 Å². The van der Waals surface area contributed by atoms with Gasteiger partial charge in [-0.25, -0.2) is 9.37 Å². The molecule has 1 aromatic carbocycles. The standard InChI is InChI=1S/C24H26FN5O2/c1-2-20-18(16-12-26-27-13-16)6-8-23(29-20)30-10-9-21(24(30)31)28-17-5-7-19(25)22(11-17)32-14-15-3-4-15/h5-8,11-13,15,21,28H,2-4,9-10,14H2,1H3,(H,26,27). The van der Waals surface area contributed by atoms with Gasteiger partial charge in [-0.1, -0.05) is 6.92 Å². The lowest BCUT2D eigenvalue weighted by Gasteiger charge is -2.19. The molecule has 2 aromatic heterocycles. The Labute approximate surface area is 186 Å². The van der Waals surface area contributed by atoms with Crippen molar-refractivity contribution in [2.24, 2.45) is 5.92 Å². The number of amides is 1. The zero-order valence-electron chi connectivity index (χ0n) is 18.0. The first-order chi connectivity index (χ1) is 15.6. The Morgan fingerprint density at radius 1 is 1.25 bits per heavy atom. The van der Waals surface area contributed by atoms with Crippen molar-refractivity contribution in [3.05, 3.63) is 54.2 Å². The molecule has 166 valence electrons. The summed E-state index contributed by atoms with van der Waals surface area (Å²) in [5.41, 5.74) is 3.58. The van der Waals surface area contributed by atoms with Crippen molar-refractivity contribution in [3.63, 3.8) is 0 Å². The molecule has 1 unspecified atom stereocenters. The number of nitrogens with zero attached hydrogens (tertiary/aromatic N) is 3. The number of aromatic nitrogens is 3. The minimum Gasteiger partial charge on any atom is -0.490 e. The van der Waals surface area contributed by atoms with E-state index < -0.39 is 6.04 Å². The second-order valence-electron chi connectivity index (χ2n) is 8.38. The van der Waals surface area contributed by atoms with Gasteiger partial charge in [-0.3, -0.25) is 14.8 Å². The molecule has 8 heteroatoms. The molecule has 7 nitrogen and oxygen atoms in total. The van der Waals surface area contributed by atoms with Crippen LogP contribution < -0.4 is 15.0 Å². The van der Waals surface area contributed by atoms with E-state index >= 15 is 0 Å². The number of aryl methyl sites for hydroxylation is 1. The number of anilines is 2. The van der Waals surface area contributed by atoms with Gasteiger partial charge >= 0.3 is 0 Å². The zero-order chi connectivity index (χ0) is 22.1. The van der Waals surface area contributed by atoms with Gasteiger partial charge in [0.25, 0.3) is 5.91 Å². The molecule has 1 saturated heterocycles. The number of H-pyrrole nitrogens is 1. The third kappa shape index (κ3) is 4.17. The van der Waals surface area contributed by atoms with Gasteiger partial charge in [0.1, 0.15) is 11.9 Å². The number of carbonyl (C=O) groups excluding carboxylic acids is 1. The lowest BCUT2D eigenvalue weighted by molar-refractivity contribution is -0.117. The molecule has 2 fully saturated rings. The molecule has 32 heavy (non-hydrogen) atoms. The molecule has 1 aliphatic carbocycles. The number of hydrogen-bond acceptors (Lipinski definition) is 5. The Balaban J connectivity index is 1.29. The molecule has 0 bridgehead atoms. The third-order valence-corrected chi connectivity index (χ3v) is 6.03. The number of hydrogen-bond donors (Lipinski definition) is 2. The highest BCUT2D eigenvalue weighted by molar-refractivity contribution is 6.00. The molecular formula is C24H26FN5O2. The number of nitrogens with one attached hydrogen (secondary N) is 2. The van der Waals surface area contributed by atoms with Crippen LogP contribution in [-0.2, 0) is 11.2 Å². The molecule has 1 atom stereocenters. The molecule has 1 saturated carbocycles. The first-order valence-corrected chi connectivity index (χ1v) is 11.1. The SMILES string of the molecule is CCc1nc(N2CCC(Nc3ccc(F)c(OCC4CC4)c3)C2=O)ccc1-c1cn[nH]c1. The fourth-order valence-corrected chi connectivity index (χ4v) is 4.01. The van der Waals surface area contributed by atoms with E-state index in [9.17, 15) is 9.18 Å². The first-order valence-electron chi connectivity index (χ1n) is 11.1. The van der Waals surface area contributed by atoms with Gasteiger partial charge in [-0.2, -0.15) is 5.10 Å². The number of benzene rings is 1. The van der Waals surface area contributed by atoms with E-state index in [0.29, 0.717) is 37.0 Å². The van der Waals surface area contributed by atoms with Gasteiger partial charge in [0, 0.05) is 35.6 Å². The second-order valence-corrected chi connectivity index (χ2v) is 8.38. The van der Waals surface area contributed by atoms with Crippen LogP contribution in [0.4, 0.5) is 15.9 Å². The van der Waals surface area contributed by atoms with Gasteiger partial charge in [-0.15, -0.1) is 0 Å². The predicted octanol–water partition coefficient (Wildman–Crippen LogP) is 4.18. The van der Waals surface area contributed by atoms with E-state index in [1.807, 2.05) is 25.3 Å². The van der Waals surface area contributed by atoms with Crippen LogP contribution in [-0.4, -0.2) is 40.3 Å². The van der Waals surface area contributed by atoms with E-state index in [1.165, 1.54) is 6.07 Å². The van der Waals surface area contributed by atoms with Crippen LogP contribution in [0.25, 0.3) is 11.1 Å². The Bertz CT molecular complexity index is 1110. The Morgan fingerprint density at radius 3 is 2.88 bits per heavy atom. The fraction of sp³-hybridized carbons (Fsp3) is 0.375. The monoisotopic (exact) mass is 435 g/mol. The number of carbonyl (C=O) groups is 1. The van der Waals surface area contributed by atoms with Crippen LogP contribution >= 0.6 is 0 Å². The van der Waals surface area contributed by atoms with Gasteiger partial charge in [0.05, 0.1) is 18.5 Å². The molecule has 1 aliphatic heterocycles. The fourth-order valence-electron chi connectivity index (χ4n) is 4.01. The van der Waals surface area contributed by atoms with Gasteiger partial charge < -0.3 is 10.1 Å². The van der Waals surface area contributed by atoms with E-state index in [-0.39, 0.29) is 17.5 Å². The van der Waals surface area contributed by atoms with Crippen molar-refractivity contribution in [2.75, 3.05) is 23.4 Å². The van der Waals surface area contributed by atoms with E-state index in [2.05, 4.69) is 15.5 Å². The average molecular weight is 436 g/mol. The maximum absolute atomic E-state index is 14.1. The smallest absolute Gasteiger partial charge is 0.250 e. The van der Waals surface area contributed by atoms with Crippen molar-refractivity contribution in [1.29, 1.82) is 0 Å². The summed E-state index contributed by atoms with van der Waals surface area (Å²) in [5.74, 6) is 0.991. The van der Waals surface area contributed by atoms with Crippen LogP contribution in [0, 0.1) is 11.7 Å². The van der Waals surface area contributed by atoms with Gasteiger partial charge in [0.15, 0.2) is 11.6 Å². The molecule has 3 heterocycles. The topological polar surface area (TPSA) is 83.1 Å². The zero-order valence-corrected chi connectivity index (χ0v) is 18.0. The highest BCUT2D eigenvalue weighted by Crippen LogP contribution is 2.32. The van der Waals surface area contributed by atoms with E-state index in [1.54, 1.807) is 23.2 Å². The van der Waals surface area contributed by atoms with Crippen molar-refractivity contribution >= 4 is 17.4 Å². The van der Waals surface area contributed by atoms with Crippen LogP contribution in [0.15, 0.2) is 42.7 Å². The molecule has 2 N–H and O–H groups in total. The van der Waals surface area contributed by atoms with Crippen molar-refractivity contribution in [1.82, 2.24) is 15.2 Å². The van der Waals surface area contributed by atoms with Gasteiger partial charge in [-0.05, 0) is 55.9 Å². The van der Waals surface area contributed by atoms with Crippen LogP contribution in [0.3, 0.4) is 0 Å². The summed E-state index contributed by atoms with van der Waals surface area (Å²) in [5, 5.41) is 10.1. The molecule has 5 rings (SSSR count). The molecular weight excluding hydrogens is 409 g/mol. The third-order valence-electron chi connectivity index (χ3n) is 6.03. The normalized spacial score (nSPS) is 18.2. The summed E-state index contributed by atoms with van der Waals surface area (Å²) in [7, 11) is 0. The Morgan fingerprint density at radius 2 is 2.12 bits per heavy atom. The van der Waals surface area contributed by atoms with Gasteiger partial charge in [0.2, 0.25) is 0 Å². The summed E-state index contributed by atoms with van der Waals surface area (Å²) in [6.07, 6.45) is 7.27. The summed E-state index contributed by atoms with van der Waals surface area (Å²) in [6.45, 7) is 3.16. The molecule has 3 aromatic rings. The number of rotatable bonds is 8. The van der Waals surface area contributed by atoms with E-state index in [4.69, 9.17) is 9.72 Å². The highest BCUT2D eigenvalue weighted by Gasteiger charge is 2.33. The Hall–Kier alpha value is -3.42. The van der Waals surface area contributed by atoms with Crippen LogP contribution in [0.2, 0.25) is 0 Å². The summed E-state index contributed by atoms with van der Waals surface area (Å²) < 4.78 is 19.7. The molecule has 1 amide bonds. The molecule has 2 aliphatic rings. The van der Waals surface area contributed by atoms with Crippen molar-refractivity contribution < 1.29 is 13.9 Å². The minimum absolute atomic E-state index is 0.0413. The summed E-state index contributed by atoms with van der Waals surface area (Å²) in [4.78, 5) is 19.6. The molecule has 0 spiro atoms. The second kappa shape index (κ2) is 8.61. The number of halogens is 1. The summed E-state index contributed by atoms with van der Waals surface area (Å²) >= 11 is 0. The first kappa shape index (κ1) is 20.5. The van der Waals surface area contributed by atoms with Crippen molar-refractivity contribution in [2.45, 2.75) is 38.6 Å². The Kier molecular flexibility index (Phi) is 5.51. The predicted molar refractivity (Wildman–Crippen MR) is 120 cm³/mol. The number of aromatic amines is 1. The largest absolute Gasteiger partial charge is 0.490 e. The van der Waals surface area contributed by atoms with Crippen molar-refractivity contribution in [3.8, 4) is 16.9 Å². The lowest BCUT2D eigenvalue weighted by Crippen LogP contribution is -2.34. The maximum atomic E-state index is 14.1. The minimum atomic E-state index is -0.392. The lowest BCUT2D eigenvalue weighted by atomic mass is 10.1. The summed E-state index contributed by atoms with van der Waals surface area (Å²) in [6, 6.07) is 8.14. The number of pyridine rings is 1. The average Bonchev–Trinajstić information content (AvgIpc) is 3.34. The maximum Gasteiger partial charge on any atom is 0.250 e. The molecule has 0 radical (unpaired) electrons. The highest BCUT2D eigenvalue weighted by atomic mass is 19.1. The number of ether oxygens (including phenoxy) is 1. The van der Waals surface area contributed by atoms with Crippen LogP contribution in [0.5, 0.6) is 5.75 Å².